The van der Waals surface area contributed by atoms with E-state index in [0.717, 1.165) is 11.1 Å². The third-order valence-corrected chi connectivity index (χ3v) is 1.89. The summed E-state index contributed by atoms with van der Waals surface area (Å²) in [5.41, 5.74) is 2.16. The van der Waals surface area contributed by atoms with E-state index >= 15 is 0 Å². The van der Waals surface area contributed by atoms with Crippen LogP contribution >= 0.6 is 11.6 Å². The minimum Gasteiger partial charge on any atom is -0.392 e. The molecule has 0 saturated heterocycles. The molecule has 0 spiro atoms. The third-order valence-electron chi connectivity index (χ3n) is 1.60. The first-order valence-corrected chi connectivity index (χ1v) is 4.33. The molecule has 12 heavy (non-hydrogen) atoms. The molecule has 0 aliphatic heterocycles. The Kier molecular flexibility index (Phi) is 3.85. The van der Waals surface area contributed by atoms with Crippen molar-refractivity contribution in [2.45, 2.75) is 5.88 Å². The normalized spacial score (nSPS) is 10.8. The fourth-order valence-electron chi connectivity index (χ4n) is 0.998. The molecule has 0 heterocycles. The van der Waals surface area contributed by atoms with Gasteiger partial charge in [0.05, 0.1) is 6.61 Å². The molecule has 0 bridgehead atoms. The van der Waals surface area contributed by atoms with E-state index in [1.54, 1.807) is 6.08 Å². The van der Waals surface area contributed by atoms with Crippen molar-refractivity contribution in [2.75, 3.05) is 6.61 Å². The van der Waals surface area contributed by atoms with Gasteiger partial charge in [0.25, 0.3) is 0 Å². The Morgan fingerprint density at radius 2 is 2.08 bits per heavy atom. The van der Waals surface area contributed by atoms with Crippen molar-refractivity contribution in [3.05, 3.63) is 41.5 Å². The zero-order valence-electron chi connectivity index (χ0n) is 6.70. The van der Waals surface area contributed by atoms with Crippen molar-refractivity contribution in [1.29, 1.82) is 0 Å². The molecule has 1 aromatic rings. The number of aliphatic hydroxyl groups is 1. The fourth-order valence-corrected chi connectivity index (χ4v) is 1.24. The molecule has 0 aliphatic carbocycles. The lowest BCUT2D eigenvalue weighted by Crippen LogP contribution is -1.83. The summed E-state index contributed by atoms with van der Waals surface area (Å²) in [6, 6.07) is 7.86. The van der Waals surface area contributed by atoms with E-state index < -0.39 is 0 Å². The van der Waals surface area contributed by atoms with Crippen molar-refractivity contribution in [1.82, 2.24) is 0 Å². The van der Waals surface area contributed by atoms with Crippen LogP contribution in [0.1, 0.15) is 11.1 Å². The van der Waals surface area contributed by atoms with Gasteiger partial charge in [0.2, 0.25) is 0 Å². The molecule has 0 fully saturated rings. The smallest absolute Gasteiger partial charge is 0.0615 e. The SMILES string of the molecule is OCC=Cc1ccccc1CCl. The zero-order chi connectivity index (χ0) is 8.81. The molecular weight excluding hydrogens is 172 g/mol. The van der Waals surface area contributed by atoms with Gasteiger partial charge in [-0.3, -0.25) is 0 Å². The molecule has 0 aromatic heterocycles. The molecule has 0 unspecified atom stereocenters. The van der Waals surface area contributed by atoms with E-state index in [1.807, 2.05) is 30.3 Å². The van der Waals surface area contributed by atoms with Gasteiger partial charge in [0.15, 0.2) is 0 Å². The lowest BCUT2D eigenvalue weighted by Gasteiger charge is -1.99. The van der Waals surface area contributed by atoms with Crippen molar-refractivity contribution in [3.63, 3.8) is 0 Å². The number of aliphatic hydroxyl groups excluding tert-OH is 1. The monoisotopic (exact) mass is 182 g/mol. The van der Waals surface area contributed by atoms with Crippen LogP contribution in [0.4, 0.5) is 0 Å². The van der Waals surface area contributed by atoms with Crippen LogP contribution in [0.5, 0.6) is 0 Å². The predicted molar refractivity (Wildman–Crippen MR) is 52.1 cm³/mol. The lowest BCUT2D eigenvalue weighted by molar-refractivity contribution is 0.343. The highest BCUT2D eigenvalue weighted by Crippen LogP contribution is 2.12. The first-order valence-electron chi connectivity index (χ1n) is 3.79. The van der Waals surface area contributed by atoms with Gasteiger partial charge in [0, 0.05) is 5.88 Å². The quantitative estimate of drug-likeness (QED) is 0.712. The second kappa shape index (κ2) is 4.96. The van der Waals surface area contributed by atoms with Gasteiger partial charge >= 0.3 is 0 Å². The summed E-state index contributed by atoms with van der Waals surface area (Å²) in [4.78, 5) is 0. The summed E-state index contributed by atoms with van der Waals surface area (Å²) in [7, 11) is 0. The Labute approximate surface area is 77.3 Å². The summed E-state index contributed by atoms with van der Waals surface area (Å²) >= 11 is 5.71. The van der Waals surface area contributed by atoms with E-state index in [0.29, 0.717) is 5.88 Å². The summed E-state index contributed by atoms with van der Waals surface area (Å²) < 4.78 is 0. The molecule has 1 rings (SSSR count). The van der Waals surface area contributed by atoms with Gasteiger partial charge < -0.3 is 5.11 Å². The van der Waals surface area contributed by atoms with Gasteiger partial charge in [-0.05, 0) is 11.1 Å². The Bertz CT molecular complexity index is 268. The minimum atomic E-state index is 0.0661. The Balaban J connectivity index is 2.89. The number of hydrogen-bond donors (Lipinski definition) is 1. The highest BCUT2D eigenvalue weighted by atomic mass is 35.5. The molecule has 1 aromatic carbocycles. The minimum absolute atomic E-state index is 0.0661. The van der Waals surface area contributed by atoms with E-state index in [4.69, 9.17) is 16.7 Å². The Morgan fingerprint density at radius 3 is 2.75 bits per heavy atom. The average Bonchev–Trinajstić information content (AvgIpc) is 2.15. The van der Waals surface area contributed by atoms with Crippen LogP contribution in [0, 0.1) is 0 Å². The first-order chi connectivity index (χ1) is 5.88. The number of halogens is 1. The topological polar surface area (TPSA) is 20.2 Å². The van der Waals surface area contributed by atoms with Gasteiger partial charge in [-0.2, -0.15) is 0 Å². The van der Waals surface area contributed by atoms with Gasteiger partial charge in [0.1, 0.15) is 0 Å². The largest absolute Gasteiger partial charge is 0.392 e. The van der Waals surface area contributed by atoms with Crippen molar-refractivity contribution in [3.8, 4) is 0 Å². The summed E-state index contributed by atoms with van der Waals surface area (Å²) in [5.74, 6) is 0.506. The molecule has 2 heteroatoms. The van der Waals surface area contributed by atoms with Gasteiger partial charge in [-0.25, -0.2) is 0 Å². The van der Waals surface area contributed by atoms with E-state index in [-0.39, 0.29) is 6.61 Å². The van der Waals surface area contributed by atoms with Gasteiger partial charge in [-0.15, -0.1) is 11.6 Å². The average molecular weight is 183 g/mol. The predicted octanol–water partition coefficient (Wildman–Crippen LogP) is 2.43. The summed E-state index contributed by atoms with van der Waals surface area (Å²) in [5, 5.41) is 8.57. The number of benzene rings is 1. The highest BCUT2D eigenvalue weighted by Gasteiger charge is 1.94. The van der Waals surface area contributed by atoms with Gasteiger partial charge in [-0.1, -0.05) is 36.4 Å². The second-order valence-corrected chi connectivity index (χ2v) is 2.68. The van der Waals surface area contributed by atoms with Crippen LogP contribution in [0.25, 0.3) is 6.08 Å². The first kappa shape index (κ1) is 9.30. The molecule has 0 saturated carbocycles. The van der Waals surface area contributed by atoms with Crippen molar-refractivity contribution < 1.29 is 5.11 Å². The fraction of sp³-hybridized carbons (Fsp3) is 0.200. The highest BCUT2D eigenvalue weighted by molar-refractivity contribution is 6.17. The number of alkyl halides is 1. The van der Waals surface area contributed by atoms with Crippen LogP contribution in [0.2, 0.25) is 0 Å². The molecule has 0 aliphatic rings. The van der Waals surface area contributed by atoms with E-state index in [2.05, 4.69) is 0 Å². The molecule has 1 N–H and O–H groups in total. The zero-order valence-corrected chi connectivity index (χ0v) is 7.46. The second-order valence-electron chi connectivity index (χ2n) is 2.42. The Morgan fingerprint density at radius 1 is 1.33 bits per heavy atom. The lowest BCUT2D eigenvalue weighted by atomic mass is 10.1. The van der Waals surface area contributed by atoms with Crippen LogP contribution in [-0.4, -0.2) is 11.7 Å². The number of hydrogen-bond acceptors (Lipinski definition) is 1. The van der Waals surface area contributed by atoms with Crippen LogP contribution in [0.3, 0.4) is 0 Å². The van der Waals surface area contributed by atoms with E-state index in [1.165, 1.54) is 0 Å². The summed E-state index contributed by atoms with van der Waals surface area (Å²) in [6.45, 7) is 0.0661. The number of rotatable bonds is 3. The van der Waals surface area contributed by atoms with Crippen LogP contribution in [-0.2, 0) is 5.88 Å². The summed E-state index contributed by atoms with van der Waals surface area (Å²) in [6.07, 6.45) is 3.57. The molecule has 0 radical (unpaired) electrons. The van der Waals surface area contributed by atoms with Crippen LogP contribution < -0.4 is 0 Å². The molecule has 0 amide bonds. The maximum absolute atomic E-state index is 8.57. The Hall–Kier alpha value is -0.790. The molecule has 0 atom stereocenters. The standard InChI is InChI=1S/C10H11ClO/c11-8-10-5-2-1-4-9(10)6-3-7-12/h1-6,12H,7-8H2. The molecule has 64 valence electrons. The third kappa shape index (κ3) is 2.36. The van der Waals surface area contributed by atoms with Crippen molar-refractivity contribution >= 4 is 17.7 Å². The van der Waals surface area contributed by atoms with Crippen molar-refractivity contribution in [2.24, 2.45) is 0 Å². The van der Waals surface area contributed by atoms with Crippen LogP contribution in [0.15, 0.2) is 30.3 Å². The maximum atomic E-state index is 8.57. The molecular formula is C10H11ClO. The maximum Gasteiger partial charge on any atom is 0.0615 e. The van der Waals surface area contributed by atoms with E-state index in [9.17, 15) is 0 Å². The molecule has 1 nitrogen and oxygen atoms in total.